The second-order valence-corrected chi connectivity index (χ2v) is 6.84. The minimum atomic E-state index is -0.868. The van der Waals surface area contributed by atoms with E-state index in [1.165, 1.54) is 17.0 Å². The third-order valence-corrected chi connectivity index (χ3v) is 5.51. The number of carbonyl (C=O) groups is 3. The van der Waals surface area contributed by atoms with Crippen molar-refractivity contribution in [2.45, 2.75) is 38.1 Å². The summed E-state index contributed by atoms with van der Waals surface area (Å²) in [6.45, 7) is 1.51. The number of phenolic OH excluding ortho intramolecular Hbond substituents is 1. The average molecular weight is 330 g/mol. The summed E-state index contributed by atoms with van der Waals surface area (Å²) >= 11 is 0. The molecule has 0 radical (unpaired) electrons. The van der Waals surface area contributed by atoms with E-state index in [0.717, 1.165) is 30.6 Å². The van der Waals surface area contributed by atoms with Gasteiger partial charge in [0.05, 0.1) is 6.54 Å². The number of likely N-dealkylation sites (N-methyl/N-ethyl adjacent to an activating group) is 1. The Balaban J connectivity index is 1.82. The predicted molar refractivity (Wildman–Crippen MR) is 87.7 cm³/mol. The predicted octanol–water partition coefficient (Wildman–Crippen LogP) is 2.42. The Morgan fingerprint density at radius 1 is 1.29 bits per heavy atom. The van der Waals surface area contributed by atoms with E-state index in [1.54, 1.807) is 19.2 Å². The number of Topliss-reactive ketones (excluding diaryl/α,β-unsaturated/α-hetero) is 1. The summed E-state index contributed by atoms with van der Waals surface area (Å²) in [5, 5.41) is 9.49. The maximum absolute atomic E-state index is 12.9. The van der Waals surface area contributed by atoms with E-state index < -0.39 is 11.6 Å². The number of carbonyl (C=O) groups excluding carboxylic acids is 3. The van der Waals surface area contributed by atoms with Crippen LogP contribution in [0, 0.1) is 5.92 Å². The molecule has 0 spiro atoms. The fraction of sp³-hybridized carbons (Fsp3) is 0.500. The van der Waals surface area contributed by atoms with Gasteiger partial charge in [-0.2, -0.15) is 0 Å². The van der Waals surface area contributed by atoms with Crippen LogP contribution in [-0.4, -0.2) is 51.8 Å². The molecule has 1 aliphatic heterocycles. The van der Waals surface area contributed by atoms with Crippen LogP contribution < -0.4 is 0 Å². The lowest BCUT2D eigenvalue weighted by Gasteiger charge is -2.34. The topological polar surface area (TPSA) is 77.9 Å². The van der Waals surface area contributed by atoms with Crippen LogP contribution in [0.3, 0.4) is 0 Å². The zero-order valence-electron chi connectivity index (χ0n) is 14.0. The molecule has 128 valence electrons. The highest BCUT2D eigenvalue weighted by molar-refractivity contribution is 6.11. The van der Waals surface area contributed by atoms with Crippen LogP contribution in [0.5, 0.6) is 5.75 Å². The molecule has 3 rings (SSSR count). The molecule has 3 amide bonds. The minimum Gasteiger partial charge on any atom is -0.508 e. The fourth-order valence-electron chi connectivity index (χ4n) is 3.87. The normalized spacial score (nSPS) is 24.9. The van der Waals surface area contributed by atoms with Crippen LogP contribution in [-0.2, 0) is 4.79 Å². The maximum Gasteiger partial charge on any atom is 0.327 e. The van der Waals surface area contributed by atoms with Crippen LogP contribution in [0.25, 0.3) is 0 Å². The van der Waals surface area contributed by atoms with Crippen molar-refractivity contribution in [1.82, 2.24) is 9.80 Å². The lowest BCUT2D eigenvalue weighted by atomic mass is 9.83. The third-order valence-electron chi connectivity index (χ3n) is 5.51. The number of amides is 3. The Bertz CT molecular complexity index is 696. The van der Waals surface area contributed by atoms with Gasteiger partial charge >= 0.3 is 6.03 Å². The van der Waals surface area contributed by atoms with Crippen LogP contribution in [0.15, 0.2) is 24.3 Å². The second kappa shape index (κ2) is 5.92. The minimum absolute atomic E-state index is 0.0205. The third kappa shape index (κ3) is 2.46. The highest BCUT2D eigenvalue weighted by Gasteiger charge is 2.57. The molecule has 24 heavy (non-hydrogen) atoms. The number of hydrogen-bond donors (Lipinski definition) is 1. The molecule has 1 saturated heterocycles. The molecular formula is C18H22N2O4. The molecule has 6 nitrogen and oxygen atoms in total. The van der Waals surface area contributed by atoms with Gasteiger partial charge in [-0.25, -0.2) is 4.79 Å². The van der Waals surface area contributed by atoms with Gasteiger partial charge in [-0.3, -0.25) is 14.5 Å². The number of benzene rings is 1. The molecule has 1 unspecified atom stereocenters. The van der Waals surface area contributed by atoms with Crippen molar-refractivity contribution < 1.29 is 19.5 Å². The standard InChI is InChI=1S/C18H22N2O4/c1-18(13-7-3-4-8-13)16(23)20(17(24)19(18)2)11-15(22)12-6-5-9-14(21)10-12/h5-6,9-10,13,21H,3-4,7-8,11H2,1-2H3. The first-order valence-electron chi connectivity index (χ1n) is 8.27. The van der Waals surface area contributed by atoms with E-state index >= 15 is 0 Å². The summed E-state index contributed by atoms with van der Waals surface area (Å²) in [4.78, 5) is 40.4. The summed E-state index contributed by atoms with van der Waals surface area (Å²) < 4.78 is 0. The van der Waals surface area contributed by atoms with E-state index in [0.29, 0.717) is 0 Å². The SMILES string of the molecule is CN1C(=O)N(CC(=O)c2cccc(O)c2)C(=O)C1(C)C1CCCC1. The van der Waals surface area contributed by atoms with Crippen LogP contribution >= 0.6 is 0 Å². The number of nitrogens with zero attached hydrogens (tertiary/aromatic N) is 2. The zero-order valence-corrected chi connectivity index (χ0v) is 14.0. The number of ketones is 1. The summed E-state index contributed by atoms with van der Waals surface area (Å²) in [7, 11) is 1.64. The molecule has 2 aliphatic rings. The van der Waals surface area contributed by atoms with Gasteiger partial charge < -0.3 is 10.0 Å². The number of hydrogen-bond acceptors (Lipinski definition) is 4. The first kappa shape index (κ1) is 16.5. The Kier molecular flexibility index (Phi) is 4.07. The van der Waals surface area contributed by atoms with Gasteiger partial charge in [-0.15, -0.1) is 0 Å². The molecule has 0 aromatic heterocycles. The lowest BCUT2D eigenvalue weighted by molar-refractivity contribution is -0.134. The van der Waals surface area contributed by atoms with E-state index in [4.69, 9.17) is 0 Å². The van der Waals surface area contributed by atoms with Crippen molar-refractivity contribution >= 4 is 17.7 Å². The molecule has 1 saturated carbocycles. The summed E-state index contributed by atoms with van der Waals surface area (Å²) in [5.41, 5.74) is -0.583. The second-order valence-electron chi connectivity index (χ2n) is 6.84. The van der Waals surface area contributed by atoms with Crippen molar-refractivity contribution in [3.8, 4) is 5.75 Å². The highest BCUT2D eigenvalue weighted by atomic mass is 16.3. The molecule has 0 bridgehead atoms. The number of rotatable bonds is 4. The number of phenols is 1. The summed E-state index contributed by atoms with van der Waals surface area (Å²) in [6, 6.07) is 5.50. The Morgan fingerprint density at radius 2 is 1.96 bits per heavy atom. The fourth-order valence-corrected chi connectivity index (χ4v) is 3.87. The van der Waals surface area contributed by atoms with Gasteiger partial charge in [0.15, 0.2) is 5.78 Å². The largest absolute Gasteiger partial charge is 0.508 e. The van der Waals surface area contributed by atoms with Gasteiger partial charge in [0, 0.05) is 12.6 Å². The van der Waals surface area contributed by atoms with Crippen molar-refractivity contribution in [2.75, 3.05) is 13.6 Å². The van der Waals surface area contributed by atoms with E-state index in [1.807, 2.05) is 6.92 Å². The highest BCUT2D eigenvalue weighted by Crippen LogP contribution is 2.41. The maximum atomic E-state index is 12.9. The quantitative estimate of drug-likeness (QED) is 0.679. The van der Waals surface area contributed by atoms with Gasteiger partial charge in [0.25, 0.3) is 5.91 Å². The molecule has 1 N–H and O–H groups in total. The monoisotopic (exact) mass is 330 g/mol. The van der Waals surface area contributed by atoms with E-state index in [-0.39, 0.29) is 35.5 Å². The molecule has 1 aromatic rings. The number of aromatic hydroxyl groups is 1. The van der Waals surface area contributed by atoms with Gasteiger partial charge in [0.1, 0.15) is 11.3 Å². The number of imide groups is 1. The molecule has 1 atom stereocenters. The first-order valence-corrected chi connectivity index (χ1v) is 8.27. The van der Waals surface area contributed by atoms with E-state index in [2.05, 4.69) is 0 Å². The smallest absolute Gasteiger partial charge is 0.327 e. The van der Waals surface area contributed by atoms with Crippen LogP contribution in [0.2, 0.25) is 0 Å². The Morgan fingerprint density at radius 3 is 2.58 bits per heavy atom. The molecule has 1 aliphatic carbocycles. The molecule has 1 aromatic carbocycles. The van der Waals surface area contributed by atoms with Gasteiger partial charge in [-0.1, -0.05) is 25.0 Å². The van der Waals surface area contributed by atoms with Crippen molar-refractivity contribution in [1.29, 1.82) is 0 Å². The van der Waals surface area contributed by atoms with Gasteiger partial charge in [-0.05, 0) is 37.8 Å². The van der Waals surface area contributed by atoms with Crippen molar-refractivity contribution in [2.24, 2.45) is 5.92 Å². The van der Waals surface area contributed by atoms with Crippen molar-refractivity contribution in [3.05, 3.63) is 29.8 Å². The zero-order chi connectivity index (χ0) is 17.5. The molecule has 1 heterocycles. The van der Waals surface area contributed by atoms with Crippen molar-refractivity contribution in [3.63, 3.8) is 0 Å². The first-order chi connectivity index (χ1) is 11.4. The average Bonchev–Trinajstić information content (AvgIpc) is 3.16. The van der Waals surface area contributed by atoms with Gasteiger partial charge in [0.2, 0.25) is 0 Å². The Labute approximate surface area is 141 Å². The molecule has 2 fully saturated rings. The van der Waals surface area contributed by atoms with Crippen LogP contribution in [0.4, 0.5) is 4.79 Å². The van der Waals surface area contributed by atoms with E-state index in [9.17, 15) is 19.5 Å². The van der Waals surface area contributed by atoms with Crippen LogP contribution in [0.1, 0.15) is 43.0 Å². The number of urea groups is 1. The Hall–Kier alpha value is -2.37. The molecule has 6 heteroatoms. The lowest BCUT2D eigenvalue weighted by Crippen LogP contribution is -2.50. The summed E-state index contributed by atoms with van der Waals surface area (Å²) in [6.07, 6.45) is 3.98. The summed E-state index contributed by atoms with van der Waals surface area (Å²) in [5.74, 6) is -0.542. The molecular weight excluding hydrogens is 308 g/mol.